The second kappa shape index (κ2) is 8.47. The van der Waals surface area contributed by atoms with Gasteiger partial charge in [0.2, 0.25) is 0 Å². The molecule has 0 unspecified atom stereocenters. The monoisotopic (exact) mass is 361 g/mol. The summed E-state index contributed by atoms with van der Waals surface area (Å²) in [4.78, 5) is 2.64. The number of anilines is 1. The molecule has 0 spiro atoms. The van der Waals surface area contributed by atoms with Gasteiger partial charge in [0.15, 0.2) is 5.11 Å². The molecule has 1 aliphatic heterocycles. The molecule has 2 N–H and O–H groups in total. The molecule has 1 saturated carbocycles. The maximum atomic E-state index is 5.59. The standard InChI is InChI=1S/C20H31N3OS/c1-16-7-6-8-18(17(16)2)22-19(25)21-15-20(9-4-3-5-10-20)23-11-13-24-14-12-23/h6-8H,3-5,9-15H2,1-2H3,(H2,21,22,25). The highest BCUT2D eigenvalue weighted by Crippen LogP contribution is 2.34. The molecule has 0 radical (unpaired) electrons. The highest BCUT2D eigenvalue weighted by molar-refractivity contribution is 7.80. The fourth-order valence-corrected chi connectivity index (χ4v) is 4.33. The number of hydrogen-bond donors (Lipinski definition) is 2. The zero-order valence-electron chi connectivity index (χ0n) is 15.6. The number of morpholine rings is 1. The van der Waals surface area contributed by atoms with Crippen LogP contribution in [0.2, 0.25) is 0 Å². The highest BCUT2D eigenvalue weighted by atomic mass is 32.1. The molecular weight excluding hydrogens is 330 g/mol. The Morgan fingerprint density at radius 2 is 1.88 bits per heavy atom. The van der Waals surface area contributed by atoms with Crippen molar-refractivity contribution >= 4 is 23.0 Å². The largest absolute Gasteiger partial charge is 0.379 e. The SMILES string of the molecule is Cc1cccc(NC(=S)NCC2(N3CCOCC3)CCCCC2)c1C. The third-order valence-corrected chi connectivity index (χ3v) is 6.14. The quantitative estimate of drug-likeness (QED) is 0.801. The first kappa shape index (κ1) is 18.6. The summed E-state index contributed by atoms with van der Waals surface area (Å²) in [6.45, 7) is 8.98. The molecule has 0 amide bonds. The van der Waals surface area contributed by atoms with E-state index in [9.17, 15) is 0 Å². The van der Waals surface area contributed by atoms with Crippen molar-refractivity contribution in [3.05, 3.63) is 29.3 Å². The van der Waals surface area contributed by atoms with Crippen LogP contribution in [0.1, 0.15) is 43.2 Å². The molecular formula is C20H31N3OS. The van der Waals surface area contributed by atoms with E-state index >= 15 is 0 Å². The van der Waals surface area contributed by atoms with E-state index in [2.05, 4.69) is 47.6 Å². The average molecular weight is 362 g/mol. The summed E-state index contributed by atoms with van der Waals surface area (Å²) >= 11 is 5.59. The number of rotatable bonds is 4. The predicted octanol–water partition coefficient (Wildman–Crippen LogP) is 3.62. The van der Waals surface area contributed by atoms with Gasteiger partial charge in [-0.1, -0.05) is 31.4 Å². The summed E-state index contributed by atoms with van der Waals surface area (Å²) < 4.78 is 5.56. The van der Waals surface area contributed by atoms with Gasteiger partial charge in [-0.05, 0) is 56.1 Å². The van der Waals surface area contributed by atoms with Crippen molar-refractivity contribution in [3.8, 4) is 0 Å². The van der Waals surface area contributed by atoms with E-state index in [1.54, 1.807) is 0 Å². The zero-order valence-corrected chi connectivity index (χ0v) is 16.4. The van der Waals surface area contributed by atoms with E-state index in [-0.39, 0.29) is 5.54 Å². The van der Waals surface area contributed by atoms with Gasteiger partial charge >= 0.3 is 0 Å². The van der Waals surface area contributed by atoms with Crippen LogP contribution in [0.4, 0.5) is 5.69 Å². The first-order valence-corrected chi connectivity index (χ1v) is 9.95. The van der Waals surface area contributed by atoms with Crippen LogP contribution in [0.5, 0.6) is 0 Å². The third kappa shape index (κ3) is 4.52. The van der Waals surface area contributed by atoms with Crippen molar-refractivity contribution < 1.29 is 4.74 Å². The summed E-state index contributed by atoms with van der Waals surface area (Å²) in [7, 11) is 0. The molecule has 5 heteroatoms. The van der Waals surface area contributed by atoms with Crippen LogP contribution in [-0.2, 0) is 4.74 Å². The van der Waals surface area contributed by atoms with Gasteiger partial charge in [0.25, 0.3) is 0 Å². The Morgan fingerprint density at radius 1 is 1.16 bits per heavy atom. The van der Waals surface area contributed by atoms with E-state index in [0.717, 1.165) is 43.6 Å². The second-order valence-electron chi connectivity index (χ2n) is 7.44. The zero-order chi connectivity index (χ0) is 17.7. The molecule has 1 heterocycles. The molecule has 3 rings (SSSR count). The molecule has 1 aromatic carbocycles. The maximum absolute atomic E-state index is 5.59. The molecule has 0 atom stereocenters. The Kier molecular flexibility index (Phi) is 6.31. The van der Waals surface area contributed by atoms with Gasteiger partial charge in [0.1, 0.15) is 0 Å². The van der Waals surface area contributed by atoms with E-state index in [0.29, 0.717) is 0 Å². The Morgan fingerprint density at radius 3 is 2.60 bits per heavy atom. The lowest BCUT2D eigenvalue weighted by Gasteiger charge is -2.48. The van der Waals surface area contributed by atoms with Crippen molar-refractivity contribution in [1.29, 1.82) is 0 Å². The van der Waals surface area contributed by atoms with Crippen molar-refractivity contribution in [2.45, 2.75) is 51.5 Å². The van der Waals surface area contributed by atoms with E-state index in [1.807, 2.05) is 0 Å². The van der Waals surface area contributed by atoms with Gasteiger partial charge in [0, 0.05) is 30.9 Å². The minimum atomic E-state index is 0.232. The van der Waals surface area contributed by atoms with E-state index in [4.69, 9.17) is 17.0 Å². The molecule has 1 aliphatic carbocycles. The van der Waals surface area contributed by atoms with Crippen LogP contribution in [0.15, 0.2) is 18.2 Å². The highest BCUT2D eigenvalue weighted by Gasteiger charge is 2.38. The predicted molar refractivity (Wildman–Crippen MR) is 108 cm³/mol. The fourth-order valence-electron chi connectivity index (χ4n) is 4.15. The van der Waals surface area contributed by atoms with E-state index < -0.39 is 0 Å². The fraction of sp³-hybridized carbons (Fsp3) is 0.650. The van der Waals surface area contributed by atoms with Crippen molar-refractivity contribution in [2.24, 2.45) is 0 Å². The van der Waals surface area contributed by atoms with Crippen LogP contribution < -0.4 is 10.6 Å². The van der Waals surface area contributed by atoms with Crippen LogP contribution in [0, 0.1) is 13.8 Å². The number of thiocarbonyl (C=S) groups is 1. The van der Waals surface area contributed by atoms with Gasteiger partial charge in [-0.2, -0.15) is 0 Å². The smallest absolute Gasteiger partial charge is 0.170 e. The summed E-state index contributed by atoms with van der Waals surface area (Å²) in [6, 6.07) is 6.30. The van der Waals surface area contributed by atoms with Crippen molar-refractivity contribution in [1.82, 2.24) is 10.2 Å². The Balaban J connectivity index is 1.62. The van der Waals surface area contributed by atoms with Crippen LogP contribution >= 0.6 is 12.2 Å². The van der Waals surface area contributed by atoms with Crippen molar-refractivity contribution in [2.75, 3.05) is 38.2 Å². The number of nitrogens with one attached hydrogen (secondary N) is 2. The van der Waals surface area contributed by atoms with Gasteiger partial charge in [-0.3, -0.25) is 4.90 Å². The molecule has 2 aliphatic rings. The second-order valence-corrected chi connectivity index (χ2v) is 7.85. The normalized spacial score (nSPS) is 20.9. The van der Waals surface area contributed by atoms with Crippen molar-refractivity contribution in [3.63, 3.8) is 0 Å². The van der Waals surface area contributed by atoms with Gasteiger partial charge < -0.3 is 15.4 Å². The third-order valence-electron chi connectivity index (χ3n) is 5.90. The lowest BCUT2D eigenvalue weighted by atomic mass is 9.80. The average Bonchev–Trinajstić information content (AvgIpc) is 2.65. The lowest BCUT2D eigenvalue weighted by molar-refractivity contribution is -0.0351. The Hall–Kier alpha value is -1.17. The Labute approximate surface area is 157 Å². The number of nitrogens with zero attached hydrogens (tertiary/aromatic N) is 1. The molecule has 1 aromatic rings. The minimum absolute atomic E-state index is 0.232. The van der Waals surface area contributed by atoms with Crippen LogP contribution in [-0.4, -0.2) is 48.4 Å². The first-order valence-electron chi connectivity index (χ1n) is 9.55. The molecule has 25 heavy (non-hydrogen) atoms. The summed E-state index contributed by atoms with van der Waals surface area (Å²) in [5, 5.41) is 7.64. The molecule has 0 aromatic heterocycles. The molecule has 138 valence electrons. The van der Waals surface area contributed by atoms with Gasteiger partial charge in [-0.25, -0.2) is 0 Å². The summed E-state index contributed by atoms with van der Waals surface area (Å²) in [5.41, 5.74) is 3.87. The minimum Gasteiger partial charge on any atom is -0.379 e. The van der Waals surface area contributed by atoms with Gasteiger partial charge in [0.05, 0.1) is 13.2 Å². The Bertz CT molecular complexity index is 593. The first-order chi connectivity index (χ1) is 12.1. The summed E-state index contributed by atoms with van der Waals surface area (Å²) in [6.07, 6.45) is 6.50. The number of hydrogen-bond acceptors (Lipinski definition) is 3. The summed E-state index contributed by atoms with van der Waals surface area (Å²) in [5.74, 6) is 0. The van der Waals surface area contributed by atoms with E-state index in [1.165, 1.54) is 43.2 Å². The number of ether oxygens (including phenoxy) is 1. The molecule has 4 nitrogen and oxygen atoms in total. The van der Waals surface area contributed by atoms with Gasteiger partial charge in [-0.15, -0.1) is 0 Å². The topological polar surface area (TPSA) is 36.5 Å². The van der Waals surface area contributed by atoms with Crippen LogP contribution in [0.3, 0.4) is 0 Å². The van der Waals surface area contributed by atoms with Crippen LogP contribution in [0.25, 0.3) is 0 Å². The number of benzene rings is 1. The number of aryl methyl sites for hydroxylation is 1. The maximum Gasteiger partial charge on any atom is 0.170 e. The molecule has 1 saturated heterocycles. The lowest BCUT2D eigenvalue weighted by Crippen LogP contribution is -2.60. The molecule has 2 fully saturated rings. The molecule has 0 bridgehead atoms.